The van der Waals surface area contributed by atoms with Crippen molar-refractivity contribution in [2.24, 2.45) is 0 Å². The minimum Gasteiger partial charge on any atom is -0.280 e. The zero-order chi connectivity index (χ0) is 14.0. The van der Waals surface area contributed by atoms with E-state index in [1.54, 1.807) is 25.1 Å². The average Bonchev–Trinajstić information content (AvgIpc) is 2.31. The Balaban J connectivity index is 2.35. The van der Waals surface area contributed by atoms with Crippen LogP contribution in [0.4, 0.5) is 5.69 Å². The molecule has 1 aromatic carbocycles. The van der Waals surface area contributed by atoms with Crippen molar-refractivity contribution in [3.05, 3.63) is 53.3 Å². The number of hydrogen-bond acceptors (Lipinski definition) is 3. The third-order valence-electron chi connectivity index (χ3n) is 2.79. The van der Waals surface area contributed by atoms with Crippen molar-refractivity contribution in [3.63, 3.8) is 0 Å². The molecule has 1 aromatic heterocycles. The highest BCUT2D eigenvalue weighted by Crippen LogP contribution is 2.19. The van der Waals surface area contributed by atoms with Gasteiger partial charge in [0.15, 0.2) is 0 Å². The predicted octanol–water partition coefficient (Wildman–Crippen LogP) is 2.81. The highest BCUT2D eigenvalue weighted by atomic mass is 32.2. The van der Waals surface area contributed by atoms with Crippen LogP contribution >= 0.6 is 0 Å². The summed E-state index contributed by atoms with van der Waals surface area (Å²) in [5.41, 5.74) is 3.11. The Hall–Kier alpha value is -1.88. The van der Waals surface area contributed by atoms with Crippen molar-refractivity contribution in [3.8, 4) is 0 Å². The van der Waals surface area contributed by atoms with Gasteiger partial charge in [-0.15, -0.1) is 0 Å². The van der Waals surface area contributed by atoms with E-state index in [1.165, 1.54) is 6.20 Å². The first-order valence-electron chi connectivity index (χ1n) is 5.91. The quantitative estimate of drug-likeness (QED) is 0.937. The van der Waals surface area contributed by atoms with Gasteiger partial charge in [-0.1, -0.05) is 17.7 Å². The summed E-state index contributed by atoms with van der Waals surface area (Å²) in [6, 6.07) is 8.95. The molecular formula is C14H16N2O2S. The maximum absolute atomic E-state index is 12.3. The smallest absolute Gasteiger partial charge is 0.263 e. The molecule has 1 heterocycles. The first-order chi connectivity index (χ1) is 8.88. The summed E-state index contributed by atoms with van der Waals surface area (Å²) in [4.78, 5) is 4.25. The number of anilines is 1. The van der Waals surface area contributed by atoms with Crippen molar-refractivity contribution in [1.29, 1.82) is 0 Å². The molecule has 1 N–H and O–H groups in total. The number of hydrogen-bond donors (Lipinski definition) is 1. The van der Waals surface area contributed by atoms with E-state index in [4.69, 9.17) is 0 Å². The normalized spacial score (nSPS) is 11.3. The number of pyridine rings is 1. The van der Waals surface area contributed by atoms with Crippen molar-refractivity contribution in [1.82, 2.24) is 4.98 Å². The highest BCUT2D eigenvalue weighted by molar-refractivity contribution is 7.92. The largest absolute Gasteiger partial charge is 0.280 e. The summed E-state index contributed by atoms with van der Waals surface area (Å²) in [6.07, 6.45) is 1.39. The topological polar surface area (TPSA) is 59.1 Å². The van der Waals surface area contributed by atoms with Crippen LogP contribution in [0.1, 0.15) is 16.8 Å². The average molecular weight is 276 g/mol. The van der Waals surface area contributed by atoms with E-state index in [0.717, 1.165) is 11.3 Å². The van der Waals surface area contributed by atoms with Crippen LogP contribution in [0.15, 0.2) is 41.4 Å². The van der Waals surface area contributed by atoms with Crippen LogP contribution in [0.3, 0.4) is 0 Å². The minimum atomic E-state index is -3.59. The Kier molecular flexibility index (Phi) is 3.57. The van der Waals surface area contributed by atoms with Gasteiger partial charge in [-0.25, -0.2) is 8.42 Å². The van der Waals surface area contributed by atoms with Gasteiger partial charge in [-0.3, -0.25) is 9.71 Å². The molecule has 2 aromatic rings. The third-order valence-corrected chi connectivity index (χ3v) is 4.30. The number of aromatic nitrogens is 1. The lowest BCUT2D eigenvalue weighted by Gasteiger charge is -2.10. The van der Waals surface area contributed by atoms with E-state index < -0.39 is 10.0 Å². The van der Waals surface area contributed by atoms with Gasteiger partial charge in [0.1, 0.15) is 4.90 Å². The molecule has 5 heteroatoms. The second kappa shape index (κ2) is 5.01. The maximum Gasteiger partial charge on any atom is 0.263 e. The van der Waals surface area contributed by atoms with Crippen LogP contribution in [0.2, 0.25) is 0 Å². The van der Waals surface area contributed by atoms with Gasteiger partial charge in [0.05, 0.1) is 0 Å². The fourth-order valence-electron chi connectivity index (χ4n) is 1.80. The molecule has 0 saturated heterocycles. The molecule has 0 amide bonds. The molecule has 0 aliphatic rings. The van der Waals surface area contributed by atoms with Crippen LogP contribution < -0.4 is 4.72 Å². The summed E-state index contributed by atoms with van der Waals surface area (Å²) >= 11 is 0. The van der Waals surface area contributed by atoms with E-state index in [1.807, 2.05) is 26.0 Å². The Morgan fingerprint density at radius 2 is 1.68 bits per heavy atom. The fourth-order valence-corrected chi connectivity index (χ4v) is 3.03. The van der Waals surface area contributed by atoms with E-state index >= 15 is 0 Å². The minimum absolute atomic E-state index is 0.207. The highest BCUT2D eigenvalue weighted by Gasteiger charge is 2.17. The van der Waals surface area contributed by atoms with Gasteiger partial charge in [-0.2, -0.15) is 0 Å². The Bertz CT molecular complexity index is 692. The molecule has 0 aliphatic heterocycles. The molecule has 0 atom stereocenters. The molecule has 0 fully saturated rings. The van der Waals surface area contributed by atoms with Gasteiger partial charge < -0.3 is 0 Å². The van der Waals surface area contributed by atoms with E-state index in [2.05, 4.69) is 9.71 Å². The number of aryl methyl sites for hydroxylation is 3. The lowest BCUT2D eigenvalue weighted by atomic mass is 10.2. The molecule has 0 aliphatic carbocycles. The number of nitrogens with one attached hydrogen (secondary N) is 1. The molecule has 0 radical (unpaired) electrons. The maximum atomic E-state index is 12.3. The van der Waals surface area contributed by atoms with E-state index in [9.17, 15) is 8.42 Å². The summed E-state index contributed by atoms with van der Waals surface area (Å²) in [6.45, 7) is 5.54. The van der Waals surface area contributed by atoms with E-state index in [0.29, 0.717) is 11.3 Å². The summed E-state index contributed by atoms with van der Waals surface area (Å²) in [5, 5.41) is 0. The molecule has 0 unspecified atom stereocenters. The van der Waals surface area contributed by atoms with Crippen molar-refractivity contribution in [2.75, 3.05) is 4.72 Å². The summed E-state index contributed by atoms with van der Waals surface area (Å²) in [7, 11) is -3.59. The Labute approximate surface area is 113 Å². The van der Waals surface area contributed by atoms with Gasteiger partial charge in [-0.05, 0) is 44.5 Å². The molecule has 0 bridgehead atoms. The van der Waals surface area contributed by atoms with Gasteiger partial charge >= 0.3 is 0 Å². The lowest BCUT2D eigenvalue weighted by Crippen LogP contribution is -2.14. The number of rotatable bonds is 3. The third kappa shape index (κ3) is 3.12. The summed E-state index contributed by atoms with van der Waals surface area (Å²) in [5.74, 6) is 0. The second-order valence-electron chi connectivity index (χ2n) is 4.56. The van der Waals surface area contributed by atoms with Crippen LogP contribution in [0.25, 0.3) is 0 Å². The number of benzene rings is 1. The van der Waals surface area contributed by atoms with Crippen LogP contribution in [0.5, 0.6) is 0 Å². The standard InChI is InChI=1S/C14H16N2O2S/c1-10-4-6-13(7-5-10)16-19(17,18)14-9-15-12(3)8-11(14)2/h4-9,16H,1-3H3. The fraction of sp³-hybridized carbons (Fsp3) is 0.214. The second-order valence-corrected chi connectivity index (χ2v) is 6.21. The Morgan fingerprint density at radius 1 is 1.05 bits per heavy atom. The summed E-state index contributed by atoms with van der Waals surface area (Å²) < 4.78 is 27.1. The molecule has 19 heavy (non-hydrogen) atoms. The monoisotopic (exact) mass is 276 g/mol. The number of sulfonamides is 1. The molecular weight excluding hydrogens is 260 g/mol. The lowest BCUT2D eigenvalue weighted by molar-refractivity contribution is 0.600. The van der Waals surface area contributed by atoms with Crippen LogP contribution in [-0.4, -0.2) is 13.4 Å². The van der Waals surface area contributed by atoms with Crippen molar-refractivity contribution >= 4 is 15.7 Å². The van der Waals surface area contributed by atoms with Crippen LogP contribution in [-0.2, 0) is 10.0 Å². The number of nitrogens with zero attached hydrogens (tertiary/aromatic N) is 1. The van der Waals surface area contributed by atoms with Crippen molar-refractivity contribution < 1.29 is 8.42 Å². The van der Waals surface area contributed by atoms with Crippen LogP contribution in [0, 0.1) is 20.8 Å². The Morgan fingerprint density at radius 3 is 2.26 bits per heavy atom. The SMILES string of the molecule is Cc1ccc(NS(=O)(=O)c2cnc(C)cc2C)cc1. The van der Waals surface area contributed by atoms with E-state index in [-0.39, 0.29) is 4.90 Å². The molecule has 0 spiro atoms. The zero-order valence-corrected chi connectivity index (χ0v) is 12.0. The van der Waals surface area contributed by atoms with Gasteiger partial charge in [0, 0.05) is 17.6 Å². The first kappa shape index (κ1) is 13.5. The van der Waals surface area contributed by atoms with Gasteiger partial charge in [0.25, 0.3) is 10.0 Å². The molecule has 4 nitrogen and oxygen atoms in total. The van der Waals surface area contributed by atoms with Crippen molar-refractivity contribution in [2.45, 2.75) is 25.7 Å². The zero-order valence-electron chi connectivity index (χ0n) is 11.1. The molecule has 0 saturated carbocycles. The predicted molar refractivity (Wildman–Crippen MR) is 75.7 cm³/mol. The molecule has 100 valence electrons. The first-order valence-corrected chi connectivity index (χ1v) is 7.39. The molecule has 2 rings (SSSR count). The van der Waals surface area contributed by atoms with Gasteiger partial charge in [0.2, 0.25) is 0 Å².